The van der Waals surface area contributed by atoms with Crippen molar-refractivity contribution in [2.45, 2.75) is 39.7 Å². The number of sulfone groups is 2. The van der Waals surface area contributed by atoms with Crippen LogP contribution < -0.4 is 9.47 Å². The molecule has 0 bridgehead atoms. The number of benzene rings is 10. The second-order valence-corrected chi connectivity index (χ2v) is 22.7. The SMILES string of the molecule is COc1ccc(C2(c3ccc(OC)cc3)c3ccccc3-c3ccc([S+](c4ccc(S(=O)(=O)c5ccc6ccccc6c5)cc4)c4ccc(S(=O)(=O)c5ccc6ccccc6c5)cc4)cc32)cc1. The lowest BCUT2D eigenvalue weighted by Gasteiger charge is -2.34. The fourth-order valence-corrected chi connectivity index (χ4v) is 14.4. The minimum atomic E-state index is -3.87. The van der Waals surface area contributed by atoms with Crippen LogP contribution in [-0.2, 0) is 36.0 Å². The van der Waals surface area contributed by atoms with E-state index in [4.69, 9.17) is 9.47 Å². The Morgan fingerprint density at radius 1 is 0.353 bits per heavy atom. The Morgan fingerprint density at radius 3 is 1.22 bits per heavy atom. The van der Waals surface area contributed by atoms with E-state index in [0.29, 0.717) is 0 Å². The molecule has 68 heavy (non-hydrogen) atoms. The predicted molar refractivity (Wildman–Crippen MR) is 271 cm³/mol. The summed E-state index contributed by atoms with van der Waals surface area (Å²) in [6.45, 7) is 0. The van der Waals surface area contributed by atoms with E-state index in [2.05, 4.69) is 66.7 Å². The maximum atomic E-state index is 14.2. The van der Waals surface area contributed by atoms with Crippen molar-refractivity contribution in [2.24, 2.45) is 0 Å². The van der Waals surface area contributed by atoms with Gasteiger partial charge in [0.25, 0.3) is 0 Å². The minimum Gasteiger partial charge on any atom is -0.497 e. The lowest BCUT2D eigenvalue weighted by Crippen LogP contribution is -2.28. The molecule has 9 heteroatoms. The van der Waals surface area contributed by atoms with Crippen LogP contribution in [0.3, 0.4) is 0 Å². The number of hydrogen-bond donors (Lipinski definition) is 0. The molecule has 0 heterocycles. The van der Waals surface area contributed by atoms with Crippen LogP contribution in [0.4, 0.5) is 0 Å². The molecule has 0 N–H and O–H groups in total. The quantitative estimate of drug-likeness (QED) is 0.120. The highest BCUT2D eigenvalue weighted by Crippen LogP contribution is 2.57. The van der Waals surface area contributed by atoms with Gasteiger partial charge in [-0.2, -0.15) is 0 Å². The summed E-state index contributed by atoms with van der Waals surface area (Å²) < 4.78 is 68.1. The molecule has 0 unspecified atom stereocenters. The van der Waals surface area contributed by atoms with Crippen molar-refractivity contribution in [1.82, 2.24) is 0 Å². The lowest BCUT2D eigenvalue weighted by molar-refractivity contribution is 0.414. The first kappa shape index (κ1) is 43.2. The second kappa shape index (κ2) is 17.0. The topological polar surface area (TPSA) is 86.7 Å². The highest BCUT2D eigenvalue weighted by atomic mass is 32.2. The summed E-state index contributed by atoms with van der Waals surface area (Å²) >= 11 is 0. The number of fused-ring (bicyclic) bond motifs is 5. The van der Waals surface area contributed by atoms with Crippen LogP contribution in [0.2, 0.25) is 0 Å². The van der Waals surface area contributed by atoms with Crippen molar-refractivity contribution in [2.75, 3.05) is 14.2 Å². The molecule has 0 saturated heterocycles. The molecule has 0 aromatic heterocycles. The number of methoxy groups -OCH3 is 2. The summed E-state index contributed by atoms with van der Waals surface area (Å²) in [5, 5.41) is 3.61. The fourth-order valence-electron chi connectivity index (χ4n) is 9.72. The average Bonchev–Trinajstić information content (AvgIpc) is 3.69. The Balaban J connectivity index is 1.08. The molecule has 332 valence electrons. The van der Waals surface area contributed by atoms with Gasteiger partial charge in [-0.15, -0.1) is 0 Å². The van der Waals surface area contributed by atoms with Crippen LogP contribution in [0.1, 0.15) is 22.3 Å². The third-order valence-corrected chi connectivity index (χ3v) is 18.8. The zero-order chi connectivity index (χ0) is 46.6. The van der Waals surface area contributed by atoms with Gasteiger partial charge in [0, 0.05) is 0 Å². The smallest absolute Gasteiger partial charge is 0.206 e. The lowest BCUT2D eigenvalue weighted by atomic mass is 9.67. The summed E-state index contributed by atoms with van der Waals surface area (Å²) in [6.07, 6.45) is 0. The standard InChI is InChI=1S/C59H43O6S3/c1-64-46-21-17-44(18-22-46)59(45-19-23-47(65-2)24-20-45)57-14-8-7-13-55(57)56-36-29-50(39-58(56)59)66(48-25-32-51(33-26-48)67(60,61)53-30-15-40-9-3-5-11-42(40)37-53)49-27-34-52(35-28-49)68(62,63)54-31-16-41-10-4-6-12-43(41)38-54/h3-39H,1-2H3/q+1. The molecular weight excluding hydrogens is 901 g/mol. The predicted octanol–water partition coefficient (Wildman–Crippen LogP) is 13.1. The molecule has 0 radical (unpaired) electrons. The Kier molecular flexibility index (Phi) is 10.8. The van der Waals surface area contributed by atoms with Crippen LogP contribution in [0, 0.1) is 0 Å². The van der Waals surface area contributed by atoms with Gasteiger partial charge in [-0.05, 0) is 170 Å². The van der Waals surface area contributed by atoms with E-state index in [0.717, 1.165) is 81.1 Å². The first-order valence-corrected chi connectivity index (χ1v) is 26.2. The molecule has 0 atom stereocenters. The fraction of sp³-hybridized carbons (Fsp3) is 0.0508. The molecule has 1 aliphatic carbocycles. The Morgan fingerprint density at radius 2 is 0.750 bits per heavy atom. The van der Waals surface area contributed by atoms with Crippen molar-refractivity contribution in [3.63, 3.8) is 0 Å². The molecule has 0 saturated carbocycles. The van der Waals surface area contributed by atoms with Crippen LogP contribution >= 0.6 is 0 Å². The molecule has 1 aliphatic rings. The van der Waals surface area contributed by atoms with Gasteiger partial charge >= 0.3 is 0 Å². The normalized spacial score (nSPS) is 13.0. The third-order valence-electron chi connectivity index (χ3n) is 13.1. The Bertz CT molecular complexity index is 3580. The van der Waals surface area contributed by atoms with Gasteiger partial charge < -0.3 is 9.47 Å². The van der Waals surface area contributed by atoms with Crippen molar-refractivity contribution in [3.05, 3.63) is 247 Å². The molecule has 0 fully saturated rings. The van der Waals surface area contributed by atoms with Gasteiger partial charge in [-0.1, -0.05) is 109 Å². The molecule has 6 nitrogen and oxygen atoms in total. The van der Waals surface area contributed by atoms with E-state index in [1.54, 1.807) is 62.8 Å². The largest absolute Gasteiger partial charge is 0.497 e. The number of ether oxygens (including phenoxy) is 2. The molecular formula is C59H43O6S3+. The Hall–Kier alpha value is -7.43. The first-order chi connectivity index (χ1) is 33.1. The second-order valence-electron chi connectivity index (χ2n) is 16.7. The summed E-state index contributed by atoms with van der Waals surface area (Å²) in [7, 11) is -5.27. The first-order valence-electron chi connectivity index (χ1n) is 22.1. The summed E-state index contributed by atoms with van der Waals surface area (Å²) in [5.41, 5.74) is 5.77. The summed E-state index contributed by atoms with van der Waals surface area (Å²) in [5.74, 6) is 1.50. The maximum absolute atomic E-state index is 14.2. The van der Waals surface area contributed by atoms with Gasteiger partial charge in [0.1, 0.15) is 11.5 Å². The van der Waals surface area contributed by atoms with Crippen molar-refractivity contribution in [3.8, 4) is 22.6 Å². The zero-order valence-corrected chi connectivity index (χ0v) is 39.5. The van der Waals surface area contributed by atoms with Crippen molar-refractivity contribution in [1.29, 1.82) is 0 Å². The highest BCUT2D eigenvalue weighted by Gasteiger charge is 2.47. The van der Waals surface area contributed by atoms with E-state index in [1.165, 1.54) is 0 Å². The van der Waals surface area contributed by atoms with Gasteiger partial charge in [0.15, 0.2) is 14.7 Å². The molecule has 0 aliphatic heterocycles. The number of hydrogen-bond acceptors (Lipinski definition) is 6. The molecule has 0 amide bonds. The van der Waals surface area contributed by atoms with E-state index < -0.39 is 36.0 Å². The van der Waals surface area contributed by atoms with Gasteiger partial charge in [0.2, 0.25) is 19.7 Å². The molecule has 0 spiro atoms. The number of rotatable bonds is 11. The highest BCUT2D eigenvalue weighted by molar-refractivity contribution is 7.97. The molecule has 11 rings (SSSR count). The zero-order valence-electron chi connectivity index (χ0n) is 37.0. The van der Waals surface area contributed by atoms with Crippen LogP contribution in [0.25, 0.3) is 32.7 Å². The van der Waals surface area contributed by atoms with Crippen molar-refractivity contribution >= 4 is 52.1 Å². The van der Waals surface area contributed by atoms with Crippen LogP contribution in [-0.4, -0.2) is 31.1 Å². The minimum absolute atomic E-state index is 0.180. The summed E-state index contributed by atoms with van der Waals surface area (Å²) in [6, 6.07) is 71.8. The van der Waals surface area contributed by atoms with E-state index in [1.807, 2.05) is 109 Å². The van der Waals surface area contributed by atoms with Crippen LogP contribution in [0.15, 0.2) is 259 Å². The van der Waals surface area contributed by atoms with Gasteiger partial charge in [-0.25, -0.2) is 16.8 Å². The van der Waals surface area contributed by atoms with E-state index in [-0.39, 0.29) is 19.6 Å². The third kappa shape index (κ3) is 7.17. The van der Waals surface area contributed by atoms with E-state index >= 15 is 0 Å². The van der Waals surface area contributed by atoms with E-state index in [9.17, 15) is 16.8 Å². The molecule has 10 aromatic carbocycles. The molecule has 10 aromatic rings. The average molecular weight is 944 g/mol. The van der Waals surface area contributed by atoms with Gasteiger partial charge in [0.05, 0.1) is 50.1 Å². The monoisotopic (exact) mass is 943 g/mol. The summed E-state index contributed by atoms with van der Waals surface area (Å²) in [4.78, 5) is 3.50. The maximum Gasteiger partial charge on any atom is 0.206 e. The van der Waals surface area contributed by atoms with Crippen molar-refractivity contribution < 1.29 is 26.3 Å². The Labute approximate surface area is 399 Å². The van der Waals surface area contributed by atoms with Gasteiger partial charge in [-0.3, -0.25) is 0 Å². The van der Waals surface area contributed by atoms with Crippen LogP contribution in [0.5, 0.6) is 11.5 Å².